The predicted octanol–water partition coefficient (Wildman–Crippen LogP) is 3.64. The van der Waals surface area contributed by atoms with Crippen LogP contribution in [0.25, 0.3) is 11.2 Å². The monoisotopic (exact) mass is 403 g/mol. The van der Waals surface area contributed by atoms with Crippen LogP contribution in [0, 0.1) is 0 Å². The minimum absolute atomic E-state index is 0.119. The molecule has 0 aliphatic rings. The molecular formula is C20H21N9O. The molecule has 10 heteroatoms. The zero-order valence-electron chi connectivity index (χ0n) is 16.8. The number of hydrogen-bond donors (Lipinski definition) is 3. The molecular weight excluding hydrogens is 382 g/mol. The summed E-state index contributed by atoms with van der Waals surface area (Å²) in [6.07, 6.45) is 5.03. The number of carbonyl (C=O) groups excluding carboxylic acids is 1. The lowest BCUT2D eigenvalue weighted by Crippen LogP contribution is -2.07. The van der Waals surface area contributed by atoms with Gasteiger partial charge in [-0.15, -0.1) is 0 Å². The van der Waals surface area contributed by atoms with E-state index < -0.39 is 0 Å². The Labute approximate surface area is 172 Å². The molecule has 0 radical (unpaired) electrons. The van der Waals surface area contributed by atoms with Crippen molar-refractivity contribution in [2.75, 3.05) is 16.0 Å². The smallest absolute Gasteiger partial charge is 0.233 e. The van der Waals surface area contributed by atoms with Crippen LogP contribution in [0.3, 0.4) is 0 Å². The number of fused-ring (bicyclic) bond motifs is 1. The first kappa shape index (κ1) is 19.2. The third-order valence-electron chi connectivity index (χ3n) is 4.24. The van der Waals surface area contributed by atoms with Crippen molar-refractivity contribution in [1.29, 1.82) is 0 Å². The summed E-state index contributed by atoms with van der Waals surface area (Å²) in [5.74, 6) is 1.18. The van der Waals surface area contributed by atoms with Crippen molar-refractivity contribution >= 4 is 46.2 Å². The number of nitrogens with zero attached hydrogens (tertiary/aromatic N) is 6. The molecule has 0 fully saturated rings. The molecule has 0 atom stereocenters. The molecule has 152 valence electrons. The van der Waals surface area contributed by atoms with Crippen molar-refractivity contribution in [1.82, 2.24) is 29.5 Å². The van der Waals surface area contributed by atoms with Crippen molar-refractivity contribution in [3.05, 3.63) is 49.1 Å². The first-order valence-electron chi connectivity index (χ1n) is 9.43. The third kappa shape index (κ3) is 4.17. The van der Waals surface area contributed by atoms with Crippen LogP contribution in [0.1, 0.15) is 26.8 Å². The normalized spacial score (nSPS) is 10.9. The summed E-state index contributed by atoms with van der Waals surface area (Å²) < 4.78 is 1.97. The van der Waals surface area contributed by atoms with E-state index in [1.165, 1.54) is 6.92 Å². The Morgan fingerprint density at radius 1 is 0.933 bits per heavy atom. The Balaban J connectivity index is 1.71. The van der Waals surface area contributed by atoms with E-state index in [2.05, 4.69) is 54.7 Å². The Bertz CT molecular complexity index is 1170. The number of imidazole rings is 1. The lowest BCUT2D eigenvalue weighted by atomic mass is 10.2. The summed E-state index contributed by atoms with van der Waals surface area (Å²) in [4.78, 5) is 33.2. The maximum absolute atomic E-state index is 11.2. The summed E-state index contributed by atoms with van der Waals surface area (Å²) in [5, 5.41) is 9.07. The average Bonchev–Trinajstić information content (AvgIpc) is 3.14. The molecule has 1 amide bonds. The van der Waals surface area contributed by atoms with Crippen LogP contribution in [0.2, 0.25) is 0 Å². The van der Waals surface area contributed by atoms with Gasteiger partial charge in [-0.25, -0.2) is 15.0 Å². The van der Waals surface area contributed by atoms with E-state index in [-0.39, 0.29) is 11.9 Å². The second-order valence-electron chi connectivity index (χ2n) is 6.89. The molecule has 0 saturated heterocycles. The molecule has 3 N–H and O–H groups in total. The fraction of sp³-hybridized carbons (Fsp3) is 0.200. The number of benzene rings is 1. The Morgan fingerprint density at radius 2 is 1.63 bits per heavy atom. The SMILES string of the molecule is CC(=O)Nc1ccc(Nc2nc(Nc3ncccn3)nc3c2ncn3C(C)C)cc1. The summed E-state index contributed by atoms with van der Waals surface area (Å²) in [6.45, 7) is 5.59. The van der Waals surface area contributed by atoms with Crippen LogP contribution in [-0.2, 0) is 4.79 Å². The van der Waals surface area contributed by atoms with Gasteiger partial charge in [0.2, 0.25) is 17.8 Å². The highest BCUT2D eigenvalue weighted by Crippen LogP contribution is 2.27. The van der Waals surface area contributed by atoms with Crippen LogP contribution in [0.15, 0.2) is 49.1 Å². The van der Waals surface area contributed by atoms with Gasteiger partial charge < -0.3 is 15.2 Å². The molecule has 0 saturated carbocycles. The zero-order chi connectivity index (χ0) is 21.1. The number of carbonyl (C=O) groups is 1. The van der Waals surface area contributed by atoms with Crippen LogP contribution in [0.4, 0.5) is 29.1 Å². The van der Waals surface area contributed by atoms with E-state index in [1.54, 1.807) is 24.8 Å². The molecule has 30 heavy (non-hydrogen) atoms. The van der Waals surface area contributed by atoms with Gasteiger partial charge >= 0.3 is 0 Å². The molecule has 4 aromatic rings. The van der Waals surface area contributed by atoms with E-state index in [1.807, 2.05) is 28.8 Å². The van der Waals surface area contributed by atoms with Gasteiger partial charge in [-0.05, 0) is 44.2 Å². The molecule has 4 rings (SSSR count). The molecule has 1 aromatic carbocycles. The number of aromatic nitrogens is 6. The van der Waals surface area contributed by atoms with Crippen molar-refractivity contribution < 1.29 is 4.79 Å². The average molecular weight is 403 g/mol. The zero-order valence-corrected chi connectivity index (χ0v) is 16.8. The minimum atomic E-state index is -0.119. The van der Waals surface area contributed by atoms with E-state index in [9.17, 15) is 4.79 Å². The maximum atomic E-state index is 11.2. The van der Waals surface area contributed by atoms with Crippen molar-refractivity contribution in [2.24, 2.45) is 0 Å². The summed E-state index contributed by atoms with van der Waals surface area (Å²) in [7, 11) is 0. The maximum Gasteiger partial charge on any atom is 0.233 e. The highest BCUT2D eigenvalue weighted by atomic mass is 16.1. The molecule has 10 nitrogen and oxygen atoms in total. The van der Waals surface area contributed by atoms with Gasteiger partial charge in [0.1, 0.15) is 0 Å². The van der Waals surface area contributed by atoms with E-state index >= 15 is 0 Å². The minimum Gasteiger partial charge on any atom is -0.338 e. The topological polar surface area (TPSA) is 123 Å². The fourth-order valence-corrected chi connectivity index (χ4v) is 2.88. The number of rotatable bonds is 6. The molecule has 0 bridgehead atoms. The van der Waals surface area contributed by atoms with Crippen LogP contribution in [-0.4, -0.2) is 35.4 Å². The van der Waals surface area contributed by atoms with Crippen LogP contribution in [0.5, 0.6) is 0 Å². The first-order valence-corrected chi connectivity index (χ1v) is 9.43. The molecule has 0 spiro atoms. The van der Waals surface area contributed by atoms with Crippen LogP contribution >= 0.6 is 0 Å². The van der Waals surface area contributed by atoms with Gasteiger partial charge in [0.05, 0.1) is 6.33 Å². The molecule has 0 unspecified atom stereocenters. The van der Waals surface area contributed by atoms with Crippen molar-refractivity contribution in [3.63, 3.8) is 0 Å². The van der Waals surface area contributed by atoms with Gasteiger partial charge in [-0.1, -0.05) is 0 Å². The van der Waals surface area contributed by atoms with E-state index in [0.717, 1.165) is 5.69 Å². The van der Waals surface area contributed by atoms with Crippen molar-refractivity contribution in [3.8, 4) is 0 Å². The molecule has 0 aliphatic carbocycles. The predicted molar refractivity (Wildman–Crippen MR) is 115 cm³/mol. The second-order valence-corrected chi connectivity index (χ2v) is 6.89. The van der Waals surface area contributed by atoms with Crippen LogP contribution < -0.4 is 16.0 Å². The Kier molecular flexibility index (Phi) is 5.21. The quantitative estimate of drug-likeness (QED) is 0.446. The summed E-state index contributed by atoms with van der Waals surface area (Å²) in [6, 6.07) is 9.24. The number of amides is 1. The highest BCUT2D eigenvalue weighted by Gasteiger charge is 2.16. The van der Waals surface area contributed by atoms with Gasteiger partial charge in [0.25, 0.3) is 0 Å². The number of anilines is 5. The molecule has 3 heterocycles. The lowest BCUT2D eigenvalue weighted by Gasteiger charge is -2.12. The van der Waals surface area contributed by atoms with Crippen molar-refractivity contribution in [2.45, 2.75) is 26.8 Å². The standard InChI is InChI=1S/C20H21N9O/c1-12(2)29-11-23-16-17(25-15-7-5-14(6-8-15)24-13(3)30)26-20(27-18(16)29)28-19-21-9-4-10-22-19/h4-12H,1-3H3,(H,24,30)(H2,21,22,25,26,27,28). The molecule has 0 aliphatic heterocycles. The lowest BCUT2D eigenvalue weighted by molar-refractivity contribution is -0.114. The van der Waals surface area contributed by atoms with E-state index in [0.29, 0.717) is 34.6 Å². The molecule has 3 aromatic heterocycles. The number of nitrogens with one attached hydrogen (secondary N) is 3. The third-order valence-corrected chi connectivity index (χ3v) is 4.24. The number of hydrogen-bond acceptors (Lipinski definition) is 8. The summed E-state index contributed by atoms with van der Waals surface area (Å²) >= 11 is 0. The fourth-order valence-electron chi connectivity index (χ4n) is 2.88. The Hall–Kier alpha value is -4.08. The summed E-state index contributed by atoms with van der Waals surface area (Å²) in [5.41, 5.74) is 2.85. The van der Waals surface area contributed by atoms with Gasteiger partial charge in [0.15, 0.2) is 17.0 Å². The van der Waals surface area contributed by atoms with Gasteiger partial charge in [-0.2, -0.15) is 9.97 Å². The largest absolute Gasteiger partial charge is 0.338 e. The van der Waals surface area contributed by atoms with Gasteiger partial charge in [0, 0.05) is 36.7 Å². The highest BCUT2D eigenvalue weighted by molar-refractivity contribution is 5.89. The first-order chi connectivity index (χ1) is 14.5. The Morgan fingerprint density at radius 3 is 2.30 bits per heavy atom. The second kappa shape index (κ2) is 8.11. The van der Waals surface area contributed by atoms with Gasteiger partial charge in [-0.3, -0.25) is 10.1 Å². The van der Waals surface area contributed by atoms with E-state index in [4.69, 9.17) is 0 Å².